The van der Waals surface area contributed by atoms with Crippen LogP contribution in [0, 0.1) is 0 Å². The van der Waals surface area contributed by atoms with Gasteiger partial charge in [-0.05, 0) is 6.07 Å². The quantitative estimate of drug-likeness (QED) is 0.214. The highest BCUT2D eigenvalue weighted by Crippen LogP contribution is 2.02. The third-order valence-corrected chi connectivity index (χ3v) is 1.89. The molecule has 1 aromatic rings. The predicted octanol–water partition coefficient (Wildman–Crippen LogP) is -0.387. The average Bonchev–Trinajstić information content (AvgIpc) is 2.42. The van der Waals surface area contributed by atoms with E-state index in [1.807, 2.05) is 0 Å². The maximum Gasteiger partial charge on any atom is 0.317 e. The molecule has 0 radical (unpaired) electrons. The summed E-state index contributed by atoms with van der Waals surface area (Å²) < 4.78 is 15.3. The van der Waals surface area contributed by atoms with Gasteiger partial charge in [0, 0.05) is 13.3 Å². The van der Waals surface area contributed by atoms with Crippen molar-refractivity contribution < 1.29 is 19.4 Å². The Morgan fingerprint density at radius 1 is 1.39 bits per heavy atom. The predicted molar refractivity (Wildman–Crippen MR) is 62.7 cm³/mol. The molecule has 18 heavy (non-hydrogen) atoms. The molecule has 0 saturated heterocycles. The number of hydrogen-bond acceptors (Lipinski definition) is 7. The van der Waals surface area contributed by atoms with Crippen molar-refractivity contribution in [3.05, 3.63) is 18.0 Å². The lowest BCUT2D eigenvalue weighted by molar-refractivity contribution is 0.0528. The van der Waals surface area contributed by atoms with Crippen molar-refractivity contribution in [1.29, 1.82) is 0 Å². The van der Waals surface area contributed by atoms with Gasteiger partial charge in [0.05, 0.1) is 19.8 Å². The smallest absolute Gasteiger partial charge is 0.317 e. The van der Waals surface area contributed by atoms with Crippen molar-refractivity contribution >= 4 is 5.84 Å². The van der Waals surface area contributed by atoms with E-state index in [4.69, 9.17) is 25.2 Å². The largest absolute Gasteiger partial charge is 0.461 e. The molecule has 1 heterocycles. The molecule has 8 heteroatoms. The van der Waals surface area contributed by atoms with E-state index >= 15 is 0 Å². The van der Waals surface area contributed by atoms with Crippen LogP contribution in [-0.4, -0.2) is 54.5 Å². The Bertz CT molecular complexity index is 386. The molecule has 0 bridgehead atoms. The number of nitrogens with two attached hydrogens (primary N) is 1. The van der Waals surface area contributed by atoms with Crippen LogP contribution in [0.4, 0.5) is 0 Å². The summed E-state index contributed by atoms with van der Waals surface area (Å²) in [5, 5.41) is 11.3. The lowest BCUT2D eigenvalue weighted by Crippen LogP contribution is -2.16. The van der Waals surface area contributed by atoms with Crippen LogP contribution >= 0.6 is 0 Å². The van der Waals surface area contributed by atoms with E-state index < -0.39 is 0 Å². The van der Waals surface area contributed by atoms with E-state index in [0.717, 1.165) is 0 Å². The standard InChI is InChI=1S/C10H16N4O4/c1-16-4-5-17-6-7-18-10-12-3-2-8(13-10)9(11)14-15/h2-3,15H,4-7H2,1H3,(H2,11,14). The van der Waals surface area contributed by atoms with Gasteiger partial charge < -0.3 is 25.2 Å². The minimum absolute atomic E-state index is 0.0985. The van der Waals surface area contributed by atoms with Gasteiger partial charge in [-0.3, -0.25) is 0 Å². The molecule has 0 aliphatic rings. The lowest BCUT2D eigenvalue weighted by Gasteiger charge is -2.06. The van der Waals surface area contributed by atoms with Gasteiger partial charge in [0.2, 0.25) is 0 Å². The number of ether oxygens (including phenoxy) is 3. The van der Waals surface area contributed by atoms with Crippen molar-refractivity contribution in [2.45, 2.75) is 0 Å². The number of aromatic nitrogens is 2. The van der Waals surface area contributed by atoms with Gasteiger partial charge in [-0.15, -0.1) is 0 Å². The molecule has 1 rings (SSSR count). The lowest BCUT2D eigenvalue weighted by atomic mass is 10.4. The summed E-state index contributed by atoms with van der Waals surface area (Å²) in [5.74, 6) is -0.0985. The minimum atomic E-state index is -0.0985. The first-order valence-corrected chi connectivity index (χ1v) is 5.28. The zero-order valence-electron chi connectivity index (χ0n) is 10.1. The molecule has 3 N–H and O–H groups in total. The highest BCUT2D eigenvalue weighted by Gasteiger charge is 2.04. The van der Waals surface area contributed by atoms with E-state index in [2.05, 4.69) is 15.1 Å². The molecule has 1 aromatic heterocycles. The maximum absolute atomic E-state index is 8.51. The molecule has 0 unspecified atom stereocenters. The van der Waals surface area contributed by atoms with E-state index in [0.29, 0.717) is 32.1 Å². The third-order valence-electron chi connectivity index (χ3n) is 1.89. The Morgan fingerprint density at radius 2 is 2.17 bits per heavy atom. The fraction of sp³-hybridized carbons (Fsp3) is 0.500. The van der Waals surface area contributed by atoms with Crippen LogP contribution in [0.15, 0.2) is 17.4 Å². The van der Waals surface area contributed by atoms with Crippen molar-refractivity contribution in [3.63, 3.8) is 0 Å². The van der Waals surface area contributed by atoms with Crippen LogP contribution in [0.1, 0.15) is 5.69 Å². The van der Waals surface area contributed by atoms with Crippen LogP contribution < -0.4 is 10.5 Å². The number of nitrogens with zero attached hydrogens (tertiary/aromatic N) is 3. The second-order valence-corrected chi connectivity index (χ2v) is 3.16. The Hall–Kier alpha value is -1.93. The molecule has 100 valence electrons. The zero-order valence-corrected chi connectivity index (χ0v) is 10.1. The van der Waals surface area contributed by atoms with Crippen LogP contribution in [-0.2, 0) is 9.47 Å². The maximum atomic E-state index is 8.51. The topological polar surface area (TPSA) is 112 Å². The number of rotatable bonds is 8. The molecule has 0 aromatic carbocycles. The molecule has 0 atom stereocenters. The Kier molecular flexibility index (Phi) is 6.44. The summed E-state index contributed by atoms with van der Waals surface area (Å²) in [6.45, 7) is 1.75. The molecule has 0 aliphatic heterocycles. The second kappa shape index (κ2) is 8.20. The summed E-state index contributed by atoms with van der Waals surface area (Å²) in [6.07, 6.45) is 1.46. The van der Waals surface area contributed by atoms with Gasteiger partial charge in [0.1, 0.15) is 12.3 Å². The first-order valence-electron chi connectivity index (χ1n) is 5.28. The monoisotopic (exact) mass is 256 g/mol. The number of hydrogen-bond donors (Lipinski definition) is 2. The molecule has 0 fully saturated rings. The van der Waals surface area contributed by atoms with Crippen molar-refractivity contribution in [2.75, 3.05) is 33.5 Å². The summed E-state index contributed by atoms with van der Waals surface area (Å²) in [5.41, 5.74) is 5.68. The van der Waals surface area contributed by atoms with Crippen molar-refractivity contribution in [1.82, 2.24) is 9.97 Å². The van der Waals surface area contributed by atoms with Gasteiger partial charge in [0.15, 0.2) is 5.84 Å². The third kappa shape index (κ3) is 4.93. The average molecular weight is 256 g/mol. The first-order chi connectivity index (χ1) is 8.77. The number of methoxy groups -OCH3 is 1. The SMILES string of the molecule is COCCOCCOc1nccc(/C(N)=N/O)n1. The van der Waals surface area contributed by atoms with Gasteiger partial charge in [-0.2, -0.15) is 4.98 Å². The fourth-order valence-corrected chi connectivity index (χ4v) is 1.04. The molecule has 0 amide bonds. The Morgan fingerprint density at radius 3 is 2.89 bits per heavy atom. The van der Waals surface area contributed by atoms with Gasteiger partial charge in [-0.25, -0.2) is 4.98 Å². The van der Waals surface area contributed by atoms with Gasteiger partial charge in [0.25, 0.3) is 0 Å². The van der Waals surface area contributed by atoms with Gasteiger partial charge in [-0.1, -0.05) is 5.16 Å². The van der Waals surface area contributed by atoms with Crippen LogP contribution in [0.5, 0.6) is 6.01 Å². The fourth-order valence-electron chi connectivity index (χ4n) is 1.04. The zero-order chi connectivity index (χ0) is 13.2. The van der Waals surface area contributed by atoms with E-state index in [-0.39, 0.29) is 11.8 Å². The molecule has 0 spiro atoms. The van der Waals surface area contributed by atoms with Crippen molar-refractivity contribution in [3.8, 4) is 6.01 Å². The first kappa shape index (κ1) is 14.1. The summed E-state index contributed by atoms with van der Waals surface area (Å²) in [7, 11) is 1.60. The minimum Gasteiger partial charge on any atom is -0.461 e. The van der Waals surface area contributed by atoms with Gasteiger partial charge >= 0.3 is 6.01 Å². The molecular formula is C10H16N4O4. The molecule has 8 nitrogen and oxygen atoms in total. The van der Waals surface area contributed by atoms with Crippen LogP contribution in [0.2, 0.25) is 0 Å². The van der Waals surface area contributed by atoms with E-state index in [1.54, 1.807) is 7.11 Å². The second-order valence-electron chi connectivity index (χ2n) is 3.16. The summed E-state index contributed by atoms with van der Waals surface area (Å²) >= 11 is 0. The van der Waals surface area contributed by atoms with Crippen molar-refractivity contribution in [2.24, 2.45) is 10.9 Å². The highest BCUT2D eigenvalue weighted by atomic mass is 16.5. The van der Waals surface area contributed by atoms with E-state index in [9.17, 15) is 0 Å². The molecular weight excluding hydrogens is 240 g/mol. The highest BCUT2D eigenvalue weighted by molar-refractivity contribution is 5.95. The Labute approximate surface area is 104 Å². The summed E-state index contributed by atoms with van der Waals surface area (Å²) in [4.78, 5) is 7.83. The number of oxime groups is 1. The van der Waals surface area contributed by atoms with E-state index in [1.165, 1.54) is 12.3 Å². The molecule has 0 saturated carbocycles. The van der Waals surface area contributed by atoms with Crippen LogP contribution in [0.3, 0.4) is 0 Å². The Balaban J connectivity index is 2.34. The van der Waals surface area contributed by atoms with Crippen LogP contribution in [0.25, 0.3) is 0 Å². The summed E-state index contributed by atoms with van der Waals surface area (Å²) in [6, 6.07) is 1.66. The molecule has 0 aliphatic carbocycles. The normalized spacial score (nSPS) is 11.5. The number of amidine groups is 1.